The maximum atomic E-state index is 12.8. The second-order valence-electron chi connectivity index (χ2n) is 8.87. The minimum atomic E-state index is -1.03. The van der Waals surface area contributed by atoms with E-state index in [2.05, 4.69) is 48.3 Å². The third-order valence-electron chi connectivity index (χ3n) is 5.64. The van der Waals surface area contributed by atoms with Gasteiger partial charge in [-0.1, -0.05) is 58.0 Å². The highest BCUT2D eigenvalue weighted by Crippen LogP contribution is 2.30. The Labute approximate surface area is 177 Å². The summed E-state index contributed by atoms with van der Waals surface area (Å²) in [5.74, 6) is -0.0542. The first-order chi connectivity index (χ1) is 13.8. The fourth-order valence-electron chi connectivity index (χ4n) is 3.97. The number of carbonyl (C=O) groups excluding carboxylic acids is 1. The molecule has 0 aliphatic carbocycles. The molecule has 0 aromatic heterocycles. The molecule has 1 amide bonds. The molecule has 1 aliphatic heterocycles. The zero-order valence-corrected chi connectivity index (χ0v) is 18.7. The number of piperidine rings is 1. The number of likely N-dealkylation sites (tertiary alicyclic amines) is 1. The first-order valence-corrected chi connectivity index (χ1v) is 11.6. The lowest BCUT2D eigenvalue weighted by molar-refractivity contribution is 0.0616. The highest BCUT2D eigenvalue weighted by atomic mass is 32.2. The van der Waals surface area contributed by atoms with E-state index < -0.39 is 10.8 Å². The third-order valence-corrected chi connectivity index (χ3v) is 7.23. The highest BCUT2D eigenvalue weighted by molar-refractivity contribution is 7.85. The third kappa shape index (κ3) is 5.55. The van der Waals surface area contributed by atoms with Gasteiger partial charge in [-0.3, -0.25) is 13.9 Å². The summed E-state index contributed by atoms with van der Waals surface area (Å²) in [7, 11) is -1.03. The summed E-state index contributed by atoms with van der Waals surface area (Å²) < 4.78 is 12.2. The van der Waals surface area contributed by atoms with Crippen molar-refractivity contribution in [2.45, 2.75) is 56.8 Å². The smallest absolute Gasteiger partial charge is 0.251 e. The second kappa shape index (κ2) is 9.23. The molecule has 2 unspecified atom stereocenters. The molecule has 1 aliphatic rings. The van der Waals surface area contributed by atoms with Crippen molar-refractivity contribution in [2.75, 3.05) is 13.1 Å². The molecule has 0 bridgehead atoms. The predicted octanol–water partition coefficient (Wildman–Crippen LogP) is 4.23. The molecule has 3 rings (SSSR count). The van der Waals surface area contributed by atoms with E-state index in [-0.39, 0.29) is 22.6 Å². The Balaban J connectivity index is 1.60. The van der Waals surface area contributed by atoms with Crippen LogP contribution in [0.25, 0.3) is 0 Å². The van der Waals surface area contributed by atoms with Crippen molar-refractivity contribution in [3.8, 4) is 0 Å². The van der Waals surface area contributed by atoms with Crippen molar-refractivity contribution in [1.82, 2.24) is 10.2 Å². The van der Waals surface area contributed by atoms with Gasteiger partial charge in [0.2, 0.25) is 0 Å². The SMILES string of the molecule is CC(C)S(=O)c1ccc(C(=O)NC2CCN(Cc3ccccc3)CC2(C)C)cc1. The number of nitrogens with zero attached hydrogens (tertiary/aromatic N) is 1. The topological polar surface area (TPSA) is 49.4 Å². The zero-order chi connectivity index (χ0) is 21.0. The molecule has 2 aromatic carbocycles. The van der Waals surface area contributed by atoms with Gasteiger partial charge in [-0.15, -0.1) is 0 Å². The van der Waals surface area contributed by atoms with Crippen LogP contribution in [0, 0.1) is 5.41 Å². The zero-order valence-electron chi connectivity index (χ0n) is 17.9. The van der Waals surface area contributed by atoms with Crippen LogP contribution in [0.2, 0.25) is 0 Å². The number of hydrogen-bond donors (Lipinski definition) is 1. The van der Waals surface area contributed by atoms with Gasteiger partial charge in [0, 0.05) is 41.4 Å². The average molecular weight is 413 g/mol. The lowest BCUT2D eigenvalue weighted by Crippen LogP contribution is -2.55. The molecule has 2 aromatic rings. The summed E-state index contributed by atoms with van der Waals surface area (Å²) >= 11 is 0. The first kappa shape index (κ1) is 21.7. The van der Waals surface area contributed by atoms with Crippen LogP contribution in [-0.4, -0.2) is 39.4 Å². The fourth-order valence-corrected chi connectivity index (χ4v) is 4.91. The van der Waals surface area contributed by atoms with Crippen LogP contribution in [0.1, 0.15) is 50.0 Å². The Hall–Kier alpha value is -1.98. The molecule has 29 heavy (non-hydrogen) atoms. The van der Waals surface area contributed by atoms with Gasteiger partial charge in [-0.25, -0.2) is 0 Å². The van der Waals surface area contributed by atoms with Gasteiger partial charge in [-0.2, -0.15) is 0 Å². The van der Waals surface area contributed by atoms with Crippen LogP contribution < -0.4 is 5.32 Å². The molecule has 156 valence electrons. The molecule has 5 heteroatoms. The summed E-state index contributed by atoms with van der Waals surface area (Å²) in [5.41, 5.74) is 1.93. The summed E-state index contributed by atoms with van der Waals surface area (Å²) in [6.45, 7) is 11.2. The molecule has 0 spiro atoms. The van der Waals surface area contributed by atoms with E-state index in [1.165, 1.54) is 5.56 Å². The van der Waals surface area contributed by atoms with Crippen LogP contribution >= 0.6 is 0 Å². The Morgan fingerprint density at radius 1 is 1.14 bits per heavy atom. The van der Waals surface area contributed by atoms with Crippen LogP contribution in [0.4, 0.5) is 0 Å². The van der Waals surface area contributed by atoms with E-state index in [4.69, 9.17) is 0 Å². The van der Waals surface area contributed by atoms with Gasteiger partial charge >= 0.3 is 0 Å². The number of hydrogen-bond acceptors (Lipinski definition) is 3. The van der Waals surface area contributed by atoms with Crippen molar-refractivity contribution < 1.29 is 9.00 Å². The molecule has 1 heterocycles. The average Bonchev–Trinajstić information content (AvgIpc) is 2.70. The van der Waals surface area contributed by atoms with E-state index in [0.717, 1.165) is 31.0 Å². The number of benzene rings is 2. The van der Waals surface area contributed by atoms with Crippen LogP contribution in [-0.2, 0) is 17.3 Å². The summed E-state index contributed by atoms with van der Waals surface area (Å²) in [4.78, 5) is 16.0. The second-order valence-corrected chi connectivity index (χ2v) is 10.9. The molecule has 1 fully saturated rings. The first-order valence-electron chi connectivity index (χ1n) is 10.3. The molecule has 2 atom stereocenters. The van der Waals surface area contributed by atoms with E-state index in [1.807, 2.05) is 19.9 Å². The van der Waals surface area contributed by atoms with Crippen LogP contribution in [0.3, 0.4) is 0 Å². The van der Waals surface area contributed by atoms with Gasteiger partial charge < -0.3 is 5.32 Å². The molecular formula is C24H32N2O2S. The number of amides is 1. The van der Waals surface area contributed by atoms with Crippen LogP contribution in [0.15, 0.2) is 59.5 Å². The maximum absolute atomic E-state index is 12.8. The Kier molecular flexibility index (Phi) is 6.91. The van der Waals surface area contributed by atoms with E-state index in [9.17, 15) is 9.00 Å². The minimum Gasteiger partial charge on any atom is -0.349 e. The lowest BCUT2D eigenvalue weighted by Gasteiger charge is -2.44. The predicted molar refractivity (Wildman–Crippen MR) is 119 cm³/mol. The molecule has 1 saturated heterocycles. The molecule has 1 N–H and O–H groups in total. The van der Waals surface area contributed by atoms with Gasteiger partial charge in [0.05, 0.1) is 10.8 Å². The van der Waals surface area contributed by atoms with E-state index in [0.29, 0.717) is 5.56 Å². The van der Waals surface area contributed by atoms with Gasteiger partial charge in [-0.05, 0) is 41.7 Å². The maximum Gasteiger partial charge on any atom is 0.251 e. The molecule has 0 saturated carbocycles. The van der Waals surface area contributed by atoms with Crippen molar-refractivity contribution in [3.63, 3.8) is 0 Å². The number of nitrogens with one attached hydrogen (secondary N) is 1. The monoisotopic (exact) mass is 412 g/mol. The quantitative estimate of drug-likeness (QED) is 0.772. The highest BCUT2D eigenvalue weighted by Gasteiger charge is 2.36. The standard InChI is InChI=1S/C24H32N2O2S/c1-18(2)29(28)21-12-10-20(11-13-21)23(27)25-22-14-15-26(17-24(22,3)4)16-19-8-6-5-7-9-19/h5-13,18,22H,14-17H2,1-4H3,(H,25,27). The van der Waals surface area contributed by atoms with Gasteiger partial charge in [0.1, 0.15) is 0 Å². The minimum absolute atomic E-state index is 0.0121. The van der Waals surface area contributed by atoms with Crippen LogP contribution in [0.5, 0.6) is 0 Å². The molecular weight excluding hydrogens is 380 g/mol. The normalized spacial score (nSPS) is 20.4. The van der Waals surface area contributed by atoms with Crippen molar-refractivity contribution in [2.24, 2.45) is 5.41 Å². The largest absolute Gasteiger partial charge is 0.349 e. The Bertz CT molecular complexity index is 847. The summed E-state index contributed by atoms with van der Waals surface area (Å²) in [6, 6.07) is 17.8. The van der Waals surface area contributed by atoms with Gasteiger partial charge in [0.15, 0.2) is 0 Å². The summed E-state index contributed by atoms with van der Waals surface area (Å²) in [6.07, 6.45) is 0.932. The lowest BCUT2D eigenvalue weighted by atomic mass is 9.78. The fraction of sp³-hybridized carbons (Fsp3) is 0.458. The van der Waals surface area contributed by atoms with E-state index >= 15 is 0 Å². The Morgan fingerprint density at radius 2 is 1.79 bits per heavy atom. The van der Waals surface area contributed by atoms with Crippen molar-refractivity contribution >= 4 is 16.7 Å². The van der Waals surface area contributed by atoms with Gasteiger partial charge in [0.25, 0.3) is 5.91 Å². The molecule has 0 radical (unpaired) electrons. The Morgan fingerprint density at radius 3 is 2.38 bits per heavy atom. The molecule has 4 nitrogen and oxygen atoms in total. The van der Waals surface area contributed by atoms with Crippen molar-refractivity contribution in [1.29, 1.82) is 0 Å². The number of carbonyl (C=O) groups is 1. The van der Waals surface area contributed by atoms with Crippen molar-refractivity contribution in [3.05, 3.63) is 65.7 Å². The number of rotatable bonds is 6. The van der Waals surface area contributed by atoms with E-state index in [1.54, 1.807) is 24.3 Å². The summed E-state index contributed by atoms with van der Waals surface area (Å²) in [5, 5.41) is 3.31.